The number of fused-ring (bicyclic) bond motifs is 1. The van der Waals surface area contributed by atoms with E-state index < -0.39 is 35.3 Å². The smallest absolute Gasteiger partial charge is 0.417 e. The van der Waals surface area contributed by atoms with Crippen LogP contribution in [0.5, 0.6) is 5.88 Å². The van der Waals surface area contributed by atoms with Crippen molar-refractivity contribution in [3.05, 3.63) is 92.6 Å². The van der Waals surface area contributed by atoms with E-state index in [2.05, 4.69) is 4.98 Å². The zero-order chi connectivity index (χ0) is 24.6. The molecule has 1 aliphatic heterocycles. The lowest BCUT2D eigenvalue weighted by Crippen LogP contribution is -2.47. The van der Waals surface area contributed by atoms with Crippen LogP contribution in [0.25, 0.3) is 0 Å². The molecule has 1 atom stereocenters. The van der Waals surface area contributed by atoms with E-state index in [1.165, 1.54) is 23.1 Å². The zero-order valence-electron chi connectivity index (χ0n) is 17.2. The van der Waals surface area contributed by atoms with E-state index in [0.29, 0.717) is 17.3 Å². The number of pyridine rings is 1. The molecule has 3 aromatic rings. The van der Waals surface area contributed by atoms with Crippen molar-refractivity contribution < 1.29 is 31.5 Å². The maximum Gasteiger partial charge on any atom is 0.417 e. The van der Waals surface area contributed by atoms with Crippen LogP contribution in [0.2, 0.25) is 10.0 Å². The lowest BCUT2D eigenvalue weighted by Gasteiger charge is -2.37. The Labute approximate surface area is 200 Å². The van der Waals surface area contributed by atoms with Gasteiger partial charge in [-0.25, -0.2) is 13.8 Å². The average Bonchev–Trinajstić information content (AvgIpc) is 2.79. The number of aromatic nitrogens is 1. The van der Waals surface area contributed by atoms with Gasteiger partial charge in [0.2, 0.25) is 5.88 Å². The number of carbonyl (C=O) groups is 1. The molecule has 4 rings (SSSR count). The van der Waals surface area contributed by atoms with Crippen LogP contribution in [0, 0.1) is 11.6 Å². The lowest BCUT2D eigenvalue weighted by molar-refractivity contribution is -0.137. The van der Waals surface area contributed by atoms with Crippen molar-refractivity contribution in [2.24, 2.45) is 0 Å². The Balaban J connectivity index is 1.60. The number of halogens is 7. The summed E-state index contributed by atoms with van der Waals surface area (Å²) < 4.78 is 71.4. The highest BCUT2D eigenvalue weighted by Gasteiger charge is 2.33. The Hall–Kier alpha value is -2.91. The molecule has 1 unspecified atom stereocenters. The van der Waals surface area contributed by atoms with Gasteiger partial charge in [0.1, 0.15) is 6.61 Å². The number of carbonyl (C=O) groups excluding carboxylic acids is 1. The standard InChI is InChI=1S/C23H15Cl2F5N2O2/c24-17-3-1-12(6-18(17)25)22(33)32-10-14-8-20(27)19(26)7-13(14)5-16(32)11-34-21-4-2-15(9-31-21)23(28,29)30/h1-4,6-9,16H,5,10-11H2. The lowest BCUT2D eigenvalue weighted by atomic mass is 9.93. The van der Waals surface area contributed by atoms with Crippen LogP contribution < -0.4 is 4.74 Å². The van der Waals surface area contributed by atoms with Crippen molar-refractivity contribution in [2.45, 2.75) is 25.2 Å². The number of benzene rings is 2. The summed E-state index contributed by atoms with van der Waals surface area (Å²) in [5.41, 5.74) is 0.209. The third-order valence-corrected chi connectivity index (χ3v) is 6.13. The highest BCUT2D eigenvalue weighted by atomic mass is 35.5. The van der Waals surface area contributed by atoms with Crippen LogP contribution in [0.1, 0.15) is 27.0 Å². The molecule has 2 heterocycles. The van der Waals surface area contributed by atoms with Gasteiger partial charge in [0.25, 0.3) is 5.91 Å². The molecule has 178 valence electrons. The summed E-state index contributed by atoms with van der Waals surface area (Å²) in [4.78, 5) is 18.3. The molecule has 0 N–H and O–H groups in total. The predicted molar refractivity (Wildman–Crippen MR) is 115 cm³/mol. The quantitative estimate of drug-likeness (QED) is 0.380. The van der Waals surface area contributed by atoms with Gasteiger partial charge in [-0.15, -0.1) is 0 Å². The number of ether oxygens (including phenoxy) is 1. The summed E-state index contributed by atoms with van der Waals surface area (Å²) in [5.74, 6) is -2.59. The van der Waals surface area contributed by atoms with Crippen molar-refractivity contribution in [1.82, 2.24) is 9.88 Å². The molecule has 0 saturated heterocycles. The predicted octanol–water partition coefficient (Wildman–Crippen LogP) is 6.33. The number of nitrogens with zero attached hydrogens (tertiary/aromatic N) is 2. The van der Waals surface area contributed by atoms with Crippen molar-refractivity contribution >= 4 is 29.1 Å². The van der Waals surface area contributed by atoms with Gasteiger partial charge in [-0.2, -0.15) is 13.2 Å². The molecule has 0 spiro atoms. The van der Waals surface area contributed by atoms with E-state index in [1.807, 2.05) is 0 Å². The molecular weight excluding hydrogens is 502 g/mol. The highest BCUT2D eigenvalue weighted by Crippen LogP contribution is 2.31. The summed E-state index contributed by atoms with van der Waals surface area (Å²) in [6.07, 6.45) is -3.77. The van der Waals surface area contributed by atoms with Crippen LogP contribution in [-0.4, -0.2) is 28.4 Å². The number of hydrogen-bond donors (Lipinski definition) is 0. The van der Waals surface area contributed by atoms with E-state index in [-0.39, 0.29) is 41.1 Å². The summed E-state index contributed by atoms with van der Waals surface area (Å²) in [5, 5.41) is 0.424. The fourth-order valence-electron chi connectivity index (χ4n) is 3.64. The van der Waals surface area contributed by atoms with Crippen LogP contribution in [-0.2, 0) is 19.1 Å². The first-order chi connectivity index (χ1) is 16.0. The topological polar surface area (TPSA) is 42.4 Å². The van der Waals surface area contributed by atoms with Crippen LogP contribution in [0.4, 0.5) is 22.0 Å². The Kier molecular flexibility index (Phi) is 6.69. The van der Waals surface area contributed by atoms with Crippen LogP contribution >= 0.6 is 23.2 Å². The minimum Gasteiger partial charge on any atom is -0.475 e. The molecule has 0 bridgehead atoms. The minimum atomic E-state index is -4.54. The summed E-state index contributed by atoms with van der Waals surface area (Å²) in [6.45, 7) is -0.191. The van der Waals surface area contributed by atoms with E-state index in [4.69, 9.17) is 27.9 Å². The third kappa shape index (κ3) is 5.10. The third-order valence-electron chi connectivity index (χ3n) is 5.39. The summed E-state index contributed by atoms with van der Waals surface area (Å²) in [6, 6.07) is 7.68. The minimum absolute atomic E-state index is 0.0416. The second-order valence-corrected chi connectivity index (χ2v) is 8.46. The van der Waals surface area contributed by atoms with Crippen molar-refractivity contribution in [1.29, 1.82) is 0 Å². The van der Waals surface area contributed by atoms with Gasteiger partial charge in [0.15, 0.2) is 11.6 Å². The maximum absolute atomic E-state index is 13.8. The van der Waals surface area contributed by atoms with Gasteiger partial charge in [0, 0.05) is 24.4 Å². The molecule has 2 aromatic carbocycles. The normalized spacial score (nSPS) is 15.7. The molecule has 1 aliphatic rings. The molecular formula is C23H15Cl2F5N2O2. The zero-order valence-corrected chi connectivity index (χ0v) is 18.7. The Morgan fingerprint density at radius 2 is 1.74 bits per heavy atom. The number of hydrogen-bond acceptors (Lipinski definition) is 3. The van der Waals surface area contributed by atoms with E-state index in [9.17, 15) is 26.7 Å². The first-order valence-corrected chi connectivity index (χ1v) is 10.7. The second-order valence-electron chi connectivity index (χ2n) is 7.65. The number of rotatable bonds is 4. The Morgan fingerprint density at radius 3 is 2.35 bits per heavy atom. The van der Waals surface area contributed by atoms with Crippen LogP contribution in [0.15, 0.2) is 48.7 Å². The summed E-state index contributed by atoms with van der Waals surface area (Å²) >= 11 is 12.0. The number of alkyl halides is 3. The van der Waals surface area contributed by atoms with Gasteiger partial charge >= 0.3 is 6.18 Å². The van der Waals surface area contributed by atoms with Gasteiger partial charge in [-0.1, -0.05) is 23.2 Å². The molecule has 0 saturated carbocycles. The Bertz CT molecular complexity index is 1240. The second kappa shape index (κ2) is 9.38. The van der Waals surface area contributed by atoms with Gasteiger partial charge < -0.3 is 9.64 Å². The maximum atomic E-state index is 13.8. The largest absolute Gasteiger partial charge is 0.475 e. The molecule has 0 radical (unpaired) electrons. The first kappa shape index (κ1) is 24.2. The molecule has 0 aliphatic carbocycles. The van der Waals surface area contributed by atoms with E-state index >= 15 is 0 Å². The summed E-state index contributed by atoms with van der Waals surface area (Å²) in [7, 11) is 0. The molecule has 4 nitrogen and oxygen atoms in total. The first-order valence-electron chi connectivity index (χ1n) is 9.92. The molecule has 34 heavy (non-hydrogen) atoms. The van der Waals surface area contributed by atoms with Crippen molar-refractivity contribution in [3.8, 4) is 5.88 Å². The number of amides is 1. The molecule has 11 heteroatoms. The van der Waals surface area contributed by atoms with Crippen molar-refractivity contribution in [2.75, 3.05) is 6.61 Å². The van der Waals surface area contributed by atoms with E-state index in [1.54, 1.807) is 0 Å². The SMILES string of the molecule is O=C(c1ccc(Cl)c(Cl)c1)N1Cc2cc(F)c(F)cc2CC1COc1ccc(C(F)(F)F)cn1. The average molecular weight is 517 g/mol. The molecule has 0 fully saturated rings. The fraction of sp³-hybridized carbons (Fsp3) is 0.217. The van der Waals surface area contributed by atoms with Crippen molar-refractivity contribution in [3.63, 3.8) is 0 Å². The Morgan fingerprint density at radius 1 is 1.03 bits per heavy atom. The highest BCUT2D eigenvalue weighted by molar-refractivity contribution is 6.42. The molecule has 1 amide bonds. The fourth-order valence-corrected chi connectivity index (χ4v) is 3.94. The van der Waals surface area contributed by atoms with Gasteiger partial charge in [-0.3, -0.25) is 4.79 Å². The molecule has 1 aromatic heterocycles. The van der Waals surface area contributed by atoms with Gasteiger partial charge in [0.05, 0.1) is 21.7 Å². The van der Waals surface area contributed by atoms with Crippen LogP contribution in [0.3, 0.4) is 0 Å². The monoisotopic (exact) mass is 516 g/mol. The van der Waals surface area contributed by atoms with Gasteiger partial charge in [-0.05, 0) is 53.9 Å². The van der Waals surface area contributed by atoms with E-state index in [0.717, 1.165) is 24.3 Å².